The molecule has 0 aliphatic carbocycles. The minimum atomic E-state index is 0.103. The predicted octanol–water partition coefficient (Wildman–Crippen LogP) is 2.01. The van der Waals surface area contributed by atoms with Gasteiger partial charge in [-0.25, -0.2) is 4.98 Å². The van der Waals surface area contributed by atoms with Gasteiger partial charge in [0, 0.05) is 24.5 Å². The molecule has 1 atom stereocenters. The third-order valence-corrected chi connectivity index (χ3v) is 4.08. The van der Waals surface area contributed by atoms with E-state index in [-0.39, 0.29) is 5.91 Å². The van der Waals surface area contributed by atoms with Gasteiger partial charge >= 0.3 is 0 Å². The Hall–Kier alpha value is -0.940. The highest BCUT2D eigenvalue weighted by atomic mass is 32.1. The van der Waals surface area contributed by atoms with Gasteiger partial charge in [0.1, 0.15) is 5.69 Å². The number of carbonyl (C=O) groups excluding carboxylic acids is 1. The minimum Gasteiger partial charge on any atom is -0.333 e. The Morgan fingerprint density at radius 2 is 2.33 bits per heavy atom. The molecule has 0 aromatic carbocycles. The topological polar surface area (TPSA) is 36.4 Å². The molecule has 0 radical (unpaired) electrons. The number of rotatable bonds is 3. The first-order chi connectivity index (χ1) is 8.58. The third-order valence-electron chi connectivity index (χ3n) is 3.30. The largest absolute Gasteiger partial charge is 0.333 e. The SMILES string of the molecule is Cc1nc(C(=O)N2CCCCC2CN(C)C)cs1. The van der Waals surface area contributed by atoms with Crippen LogP contribution in [0.4, 0.5) is 0 Å². The van der Waals surface area contributed by atoms with E-state index in [1.54, 1.807) is 11.3 Å². The average Bonchev–Trinajstić information content (AvgIpc) is 2.75. The molecule has 1 amide bonds. The number of aryl methyl sites for hydroxylation is 1. The number of hydrogen-bond donors (Lipinski definition) is 0. The number of likely N-dealkylation sites (N-methyl/N-ethyl adjacent to an activating group) is 1. The second kappa shape index (κ2) is 5.80. The van der Waals surface area contributed by atoms with Crippen LogP contribution in [0.5, 0.6) is 0 Å². The van der Waals surface area contributed by atoms with Gasteiger partial charge in [0.2, 0.25) is 0 Å². The Balaban J connectivity index is 2.10. The van der Waals surface area contributed by atoms with Crippen LogP contribution in [0.25, 0.3) is 0 Å². The zero-order chi connectivity index (χ0) is 13.1. The van der Waals surface area contributed by atoms with Crippen LogP contribution in [-0.2, 0) is 0 Å². The first kappa shape index (κ1) is 13.5. The zero-order valence-electron chi connectivity index (χ0n) is 11.3. The molecule has 0 N–H and O–H groups in total. The molecule has 1 fully saturated rings. The van der Waals surface area contributed by atoms with Crippen molar-refractivity contribution in [3.8, 4) is 0 Å². The summed E-state index contributed by atoms with van der Waals surface area (Å²) >= 11 is 1.54. The van der Waals surface area contributed by atoms with Gasteiger partial charge in [-0.2, -0.15) is 0 Å². The summed E-state index contributed by atoms with van der Waals surface area (Å²) in [6.07, 6.45) is 3.43. The Morgan fingerprint density at radius 1 is 1.56 bits per heavy atom. The Bertz CT molecular complexity index is 416. The molecule has 0 saturated carbocycles. The molecule has 1 unspecified atom stereocenters. The first-order valence-electron chi connectivity index (χ1n) is 6.46. The molecule has 18 heavy (non-hydrogen) atoms. The van der Waals surface area contributed by atoms with Crippen LogP contribution in [0, 0.1) is 6.92 Å². The van der Waals surface area contributed by atoms with E-state index in [0.717, 1.165) is 30.9 Å². The normalized spacial score (nSPS) is 20.4. The van der Waals surface area contributed by atoms with E-state index in [1.165, 1.54) is 6.42 Å². The van der Waals surface area contributed by atoms with Crippen molar-refractivity contribution in [1.29, 1.82) is 0 Å². The van der Waals surface area contributed by atoms with Crippen molar-refractivity contribution in [2.75, 3.05) is 27.2 Å². The summed E-state index contributed by atoms with van der Waals surface area (Å²) in [5.41, 5.74) is 0.614. The number of aromatic nitrogens is 1. The third kappa shape index (κ3) is 3.09. The number of hydrogen-bond acceptors (Lipinski definition) is 4. The highest BCUT2D eigenvalue weighted by Gasteiger charge is 2.28. The summed E-state index contributed by atoms with van der Waals surface area (Å²) in [4.78, 5) is 20.9. The van der Waals surface area contributed by atoms with E-state index in [9.17, 15) is 4.79 Å². The molecule has 5 heteroatoms. The van der Waals surface area contributed by atoms with Crippen LogP contribution in [0.15, 0.2) is 5.38 Å². The lowest BCUT2D eigenvalue weighted by molar-refractivity contribution is 0.0569. The molecule has 1 aromatic rings. The molecule has 1 aliphatic rings. The van der Waals surface area contributed by atoms with Gasteiger partial charge in [-0.05, 0) is 40.3 Å². The van der Waals surface area contributed by atoms with E-state index < -0.39 is 0 Å². The molecule has 0 bridgehead atoms. The molecule has 1 aliphatic heterocycles. The standard InChI is InChI=1S/C13H21N3OS/c1-10-14-12(9-18-10)13(17)16-7-5-4-6-11(16)8-15(2)3/h9,11H,4-8H2,1-3H3. The molecule has 1 aromatic heterocycles. The fourth-order valence-electron chi connectivity index (χ4n) is 2.49. The molecular formula is C13H21N3OS. The van der Waals surface area contributed by atoms with Crippen LogP contribution in [0.3, 0.4) is 0 Å². The van der Waals surface area contributed by atoms with Crippen molar-refractivity contribution in [2.24, 2.45) is 0 Å². The van der Waals surface area contributed by atoms with Crippen molar-refractivity contribution < 1.29 is 4.79 Å². The monoisotopic (exact) mass is 267 g/mol. The van der Waals surface area contributed by atoms with Crippen molar-refractivity contribution >= 4 is 17.2 Å². The number of piperidine rings is 1. The van der Waals surface area contributed by atoms with Crippen LogP contribution in [0.1, 0.15) is 34.8 Å². The summed E-state index contributed by atoms with van der Waals surface area (Å²) in [6, 6.07) is 0.336. The van der Waals surface area contributed by atoms with Gasteiger partial charge in [-0.1, -0.05) is 0 Å². The van der Waals surface area contributed by atoms with Gasteiger partial charge in [0.25, 0.3) is 5.91 Å². The fourth-order valence-corrected chi connectivity index (χ4v) is 3.07. The van der Waals surface area contributed by atoms with E-state index >= 15 is 0 Å². The van der Waals surface area contributed by atoms with Crippen molar-refractivity contribution in [1.82, 2.24) is 14.8 Å². The van der Waals surface area contributed by atoms with Gasteiger partial charge in [-0.15, -0.1) is 11.3 Å². The highest BCUT2D eigenvalue weighted by molar-refractivity contribution is 7.09. The van der Waals surface area contributed by atoms with Crippen molar-refractivity contribution in [2.45, 2.75) is 32.2 Å². The fraction of sp³-hybridized carbons (Fsp3) is 0.692. The van der Waals surface area contributed by atoms with Crippen molar-refractivity contribution in [3.05, 3.63) is 16.1 Å². The first-order valence-corrected chi connectivity index (χ1v) is 7.33. The molecule has 100 valence electrons. The number of nitrogens with zero attached hydrogens (tertiary/aromatic N) is 3. The number of carbonyl (C=O) groups is 1. The summed E-state index contributed by atoms with van der Waals surface area (Å²) in [5, 5.41) is 2.83. The Labute approximate surface area is 113 Å². The number of thiazole rings is 1. The van der Waals surface area contributed by atoms with E-state index in [0.29, 0.717) is 11.7 Å². The molecule has 2 heterocycles. The van der Waals surface area contributed by atoms with Gasteiger partial charge in [0.15, 0.2) is 0 Å². The number of likely N-dealkylation sites (tertiary alicyclic amines) is 1. The van der Waals surface area contributed by atoms with Crippen molar-refractivity contribution in [3.63, 3.8) is 0 Å². The van der Waals surface area contributed by atoms with Crippen LogP contribution in [0.2, 0.25) is 0 Å². The van der Waals surface area contributed by atoms with Gasteiger partial charge in [-0.3, -0.25) is 4.79 Å². The van der Waals surface area contributed by atoms with E-state index in [1.807, 2.05) is 17.2 Å². The second-order valence-corrected chi connectivity index (χ2v) is 6.22. The summed E-state index contributed by atoms with van der Waals surface area (Å²) < 4.78 is 0. The second-order valence-electron chi connectivity index (χ2n) is 5.16. The lowest BCUT2D eigenvalue weighted by atomic mass is 10.0. The lowest BCUT2D eigenvalue weighted by Gasteiger charge is -2.36. The summed E-state index contributed by atoms with van der Waals surface area (Å²) in [5.74, 6) is 0.103. The maximum Gasteiger partial charge on any atom is 0.273 e. The summed E-state index contributed by atoms with van der Waals surface area (Å²) in [6.45, 7) is 3.75. The maximum atomic E-state index is 12.5. The highest BCUT2D eigenvalue weighted by Crippen LogP contribution is 2.21. The van der Waals surface area contributed by atoms with Gasteiger partial charge in [0.05, 0.1) is 5.01 Å². The Morgan fingerprint density at radius 3 is 2.94 bits per heavy atom. The molecular weight excluding hydrogens is 246 g/mol. The lowest BCUT2D eigenvalue weighted by Crippen LogP contribution is -2.48. The molecule has 1 saturated heterocycles. The molecule has 2 rings (SSSR count). The summed E-state index contributed by atoms with van der Waals surface area (Å²) in [7, 11) is 4.12. The molecule has 0 spiro atoms. The van der Waals surface area contributed by atoms with Crippen LogP contribution in [-0.4, -0.2) is 53.9 Å². The molecule has 4 nitrogen and oxygen atoms in total. The van der Waals surface area contributed by atoms with E-state index in [2.05, 4.69) is 24.0 Å². The maximum absolute atomic E-state index is 12.5. The van der Waals surface area contributed by atoms with Crippen LogP contribution < -0.4 is 0 Å². The quantitative estimate of drug-likeness (QED) is 0.840. The minimum absolute atomic E-state index is 0.103. The average molecular weight is 267 g/mol. The zero-order valence-corrected chi connectivity index (χ0v) is 12.2. The number of amides is 1. The van der Waals surface area contributed by atoms with Gasteiger partial charge < -0.3 is 9.80 Å². The smallest absolute Gasteiger partial charge is 0.273 e. The Kier molecular flexibility index (Phi) is 4.35. The van der Waals surface area contributed by atoms with Crippen LogP contribution >= 0.6 is 11.3 Å². The van der Waals surface area contributed by atoms with E-state index in [4.69, 9.17) is 0 Å². The predicted molar refractivity (Wildman–Crippen MR) is 74.1 cm³/mol.